The zero-order chi connectivity index (χ0) is 23.7. The molecule has 1 atom stereocenters. The second-order valence-electron chi connectivity index (χ2n) is 8.75. The van der Waals surface area contributed by atoms with E-state index >= 15 is 0 Å². The first-order valence-corrected chi connectivity index (χ1v) is 11.6. The molecule has 1 aromatic carbocycles. The number of carboxylic acids is 1. The number of carbonyl (C=O) groups is 1. The van der Waals surface area contributed by atoms with Gasteiger partial charge in [0.15, 0.2) is 12.4 Å². The first kappa shape index (κ1) is 22.5. The zero-order valence-corrected chi connectivity index (χ0v) is 19.2. The number of nitrogens with one attached hydrogen (secondary N) is 1. The highest BCUT2D eigenvalue weighted by atomic mass is 35.5. The Labute approximate surface area is 200 Å². The molecule has 176 valence electrons. The van der Waals surface area contributed by atoms with E-state index in [0.29, 0.717) is 29.8 Å². The Hall–Kier alpha value is -3.30. The van der Waals surface area contributed by atoms with Crippen molar-refractivity contribution >= 4 is 23.1 Å². The van der Waals surface area contributed by atoms with Crippen LogP contribution in [-0.4, -0.2) is 49.5 Å². The van der Waals surface area contributed by atoms with Gasteiger partial charge < -0.3 is 14.8 Å². The molecule has 1 saturated heterocycles. The molecule has 2 fully saturated rings. The zero-order valence-electron chi connectivity index (χ0n) is 18.4. The number of hydrogen-bond acceptors (Lipinski definition) is 6. The Balaban J connectivity index is 1.44. The first-order chi connectivity index (χ1) is 16.5. The summed E-state index contributed by atoms with van der Waals surface area (Å²) in [6.07, 6.45) is 5.54. The molecule has 3 heterocycles. The van der Waals surface area contributed by atoms with Crippen molar-refractivity contribution in [3.63, 3.8) is 0 Å². The van der Waals surface area contributed by atoms with Crippen molar-refractivity contribution in [2.75, 3.05) is 13.2 Å². The molecular weight excluding hydrogens is 458 g/mol. The van der Waals surface area contributed by atoms with Crippen molar-refractivity contribution in [2.24, 2.45) is 5.92 Å². The smallest absolute Gasteiger partial charge is 0.327 e. The van der Waals surface area contributed by atoms with Crippen molar-refractivity contribution in [3.05, 3.63) is 80.0 Å². The maximum absolute atomic E-state index is 12.7. The summed E-state index contributed by atoms with van der Waals surface area (Å²) in [6, 6.07) is 9.63. The predicted octanol–water partition coefficient (Wildman–Crippen LogP) is 3.04. The molecule has 0 spiro atoms. The third kappa shape index (κ3) is 5.10. The Morgan fingerprint density at radius 2 is 2.12 bits per heavy atom. The molecule has 2 aliphatic rings. The number of pyridine rings is 1. The molecule has 1 saturated carbocycles. The molecule has 5 rings (SSSR count). The van der Waals surface area contributed by atoms with E-state index in [1.54, 1.807) is 0 Å². The van der Waals surface area contributed by atoms with Crippen LogP contribution in [0.25, 0.3) is 5.57 Å². The van der Waals surface area contributed by atoms with Gasteiger partial charge in [-0.05, 0) is 53.7 Å². The summed E-state index contributed by atoms with van der Waals surface area (Å²) in [6.45, 7) is 1.02. The number of nitrogens with zero attached hydrogens (tertiary/aromatic N) is 4. The van der Waals surface area contributed by atoms with E-state index in [9.17, 15) is 9.59 Å². The number of aromatic amines is 1. The van der Waals surface area contributed by atoms with Gasteiger partial charge in [-0.25, -0.2) is 0 Å². The van der Waals surface area contributed by atoms with Crippen LogP contribution in [0.4, 0.5) is 0 Å². The number of halogens is 1. The minimum absolute atomic E-state index is 0.0354. The summed E-state index contributed by atoms with van der Waals surface area (Å²) in [4.78, 5) is 27.6. The molecule has 9 nitrogen and oxygen atoms in total. The highest BCUT2D eigenvalue weighted by Crippen LogP contribution is 2.38. The molecule has 3 aromatic rings. The maximum Gasteiger partial charge on any atom is 0.327 e. The molecule has 1 aliphatic heterocycles. The third-order valence-electron chi connectivity index (χ3n) is 6.10. The van der Waals surface area contributed by atoms with Gasteiger partial charge in [0, 0.05) is 40.8 Å². The lowest BCUT2D eigenvalue weighted by Crippen LogP contribution is -2.14. The fraction of sp³-hybridized carbons (Fsp3) is 0.375. The highest BCUT2D eigenvalue weighted by Gasteiger charge is 2.26. The molecule has 0 amide bonds. The van der Waals surface area contributed by atoms with Gasteiger partial charge in [0.25, 0.3) is 5.56 Å². The number of tetrazole rings is 1. The van der Waals surface area contributed by atoms with Crippen molar-refractivity contribution in [1.29, 1.82) is 0 Å². The first-order valence-electron chi connectivity index (χ1n) is 11.3. The van der Waals surface area contributed by atoms with Gasteiger partial charge in [0.05, 0.1) is 6.61 Å². The van der Waals surface area contributed by atoms with Gasteiger partial charge in [-0.15, -0.1) is 10.2 Å². The molecule has 0 bridgehead atoms. The van der Waals surface area contributed by atoms with Gasteiger partial charge >= 0.3 is 5.97 Å². The monoisotopic (exact) mass is 481 g/mol. The number of benzene rings is 1. The van der Waals surface area contributed by atoms with Crippen LogP contribution in [-0.2, 0) is 22.5 Å². The summed E-state index contributed by atoms with van der Waals surface area (Å²) < 4.78 is 5.55. The van der Waals surface area contributed by atoms with E-state index in [1.165, 1.54) is 0 Å². The fourth-order valence-corrected chi connectivity index (χ4v) is 4.43. The van der Waals surface area contributed by atoms with Crippen molar-refractivity contribution in [1.82, 2.24) is 25.2 Å². The number of carboxylic acid groups (broad SMARTS) is 1. The number of rotatable bonds is 8. The standard InChI is InChI=1S/C24H24ClN5O4/c25-20-10-16(3-4-17(20)11-22-27-29-30(28-22)12-23(31)32)19(9-14-7-8-34-13-14)21-6-5-18(15-1-2-15)24(33)26-21/h3-6,9-10,14-15H,1-2,7-8,11-13H2,(H,26,33)(H,31,32)/b19-9+/t14-/m1/s1. The van der Waals surface area contributed by atoms with E-state index in [-0.39, 0.29) is 18.0 Å². The van der Waals surface area contributed by atoms with Crippen LogP contribution < -0.4 is 5.56 Å². The van der Waals surface area contributed by atoms with E-state index in [4.69, 9.17) is 21.4 Å². The lowest BCUT2D eigenvalue weighted by molar-refractivity contribution is -0.138. The Morgan fingerprint density at radius 3 is 2.79 bits per heavy atom. The minimum atomic E-state index is -1.04. The third-order valence-corrected chi connectivity index (χ3v) is 6.45. The van der Waals surface area contributed by atoms with Gasteiger partial charge in [-0.3, -0.25) is 9.59 Å². The summed E-state index contributed by atoms with van der Waals surface area (Å²) in [5, 5.41) is 21.1. The van der Waals surface area contributed by atoms with Crippen LogP contribution in [0.5, 0.6) is 0 Å². The predicted molar refractivity (Wildman–Crippen MR) is 125 cm³/mol. The summed E-state index contributed by atoms with van der Waals surface area (Å²) in [7, 11) is 0. The fourth-order valence-electron chi connectivity index (χ4n) is 4.18. The topological polar surface area (TPSA) is 123 Å². The van der Waals surface area contributed by atoms with Crippen molar-refractivity contribution < 1.29 is 14.6 Å². The number of aliphatic carboxylic acids is 1. The number of hydrogen-bond donors (Lipinski definition) is 2. The average Bonchev–Trinajstić information content (AvgIpc) is 3.32. The van der Waals surface area contributed by atoms with Crippen LogP contribution in [0.3, 0.4) is 0 Å². The SMILES string of the molecule is O=C(O)Cn1nnc(Cc2ccc(/C(=C\[C@H]3CCOC3)c3ccc(C4CC4)c(=O)[nH]3)cc2Cl)n1. The molecule has 0 unspecified atom stereocenters. The molecule has 34 heavy (non-hydrogen) atoms. The van der Waals surface area contributed by atoms with Gasteiger partial charge in [0.2, 0.25) is 0 Å². The van der Waals surface area contributed by atoms with E-state index in [2.05, 4.69) is 26.5 Å². The Morgan fingerprint density at radius 1 is 1.26 bits per heavy atom. The second kappa shape index (κ2) is 9.52. The lowest BCUT2D eigenvalue weighted by Gasteiger charge is -2.13. The van der Waals surface area contributed by atoms with Crippen molar-refractivity contribution in [2.45, 2.75) is 38.1 Å². The summed E-state index contributed by atoms with van der Waals surface area (Å²) in [5.74, 6) is -0.0194. The number of H-pyrrole nitrogens is 1. The summed E-state index contributed by atoms with van der Waals surface area (Å²) >= 11 is 6.62. The number of aromatic nitrogens is 5. The molecule has 10 heteroatoms. The van der Waals surface area contributed by atoms with E-state index < -0.39 is 5.97 Å². The molecule has 1 aliphatic carbocycles. The van der Waals surface area contributed by atoms with Crippen LogP contribution >= 0.6 is 11.6 Å². The average molecular weight is 482 g/mol. The maximum atomic E-state index is 12.7. The molecule has 2 N–H and O–H groups in total. The van der Waals surface area contributed by atoms with Crippen LogP contribution in [0.1, 0.15) is 53.4 Å². The minimum Gasteiger partial charge on any atom is -0.480 e. The Bertz CT molecular complexity index is 1300. The van der Waals surface area contributed by atoms with Crippen LogP contribution in [0, 0.1) is 5.92 Å². The quantitative estimate of drug-likeness (QED) is 0.506. The molecular formula is C24H24ClN5O4. The molecule has 0 radical (unpaired) electrons. The van der Waals surface area contributed by atoms with Gasteiger partial charge in [0.1, 0.15) is 0 Å². The van der Waals surface area contributed by atoms with Crippen LogP contribution in [0.2, 0.25) is 5.02 Å². The van der Waals surface area contributed by atoms with Gasteiger partial charge in [-0.1, -0.05) is 35.9 Å². The second-order valence-corrected chi connectivity index (χ2v) is 9.15. The summed E-state index contributed by atoms with van der Waals surface area (Å²) in [5.41, 5.74) is 4.16. The lowest BCUT2D eigenvalue weighted by atomic mass is 9.95. The number of ether oxygens (including phenoxy) is 1. The van der Waals surface area contributed by atoms with E-state index in [1.807, 2.05) is 30.3 Å². The van der Waals surface area contributed by atoms with Crippen molar-refractivity contribution in [3.8, 4) is 0 Å². The van der Waals surface area contributed by atoms with Crippen LogP contribution in [0.15, 0.2) is 41.2 Å². The van der Waals surface area contributed by atoms with E-state index in [0.717, 1.165) is 58.6 Å². The molecule has 2 aromatic heterocycles. The highest BCUT2D eigenvalue weighted by molar-refractivity contribution is 6.31. The van der Waals surface area contributed by atoms with Gasteiger partial charge in [-0.2, -0.15) is 4.80 Å². The Kier molecular flexibility index (Phi) is 6.30. The largest absolute Gasteiger partial charge is 0.480 e. The normalized spacial score (nSPS) is 18.4.